The Morgan fingerprint density at radius 2 is 2.04 bits per heavy atom. The largest absolute Gasteiger partial charge is 0.492 e. The van der Waals surface area contributed by atoms with Crippen molar-refractivity contribution in [2.45, 2.75) is 19.9 Å². The number of nitrogens with one attached hydrogen (secondary N) is 2. The molecule has 0 saturated heterocycles. The predicted molar refractivity (Wildman–Crippen MR) is 91.4 cm³/mol. The number of hydrogen-bond acceptors (Lipinski definition) is 4. The average molecular weight is 373 g/mol. The molecule has 1 aromatic carbocycles. The van der Waals surface area contributed by atoms with Gasteiger partial charge in [0.1, 0.15) is 5.75 Å². The van der Waals surface area contributed by atoms with Crippen LogP contribution >= 0.6 is 23.2 Å². The summed E-state index contributed by atoms with van der Waals surface area (Å²) >= 11 is 12.1. The van der Waals surface area contributed by atoms with Gasteiger partial charge in [0.15, 0.2) is 0 Å². The number of halogens is 2. The van der Waals surface area contributed by atoms with E-state index in [9.17, 15) is 9.59 Å². The minimum Gasteiger partial charge on any atom is -0.492 e. The van der Waals surface area contributed by atoms with Crippen LogP contribution in [0, 0.1) is 0 Å². The number of carbonyl (C=O) groups excluding carboxylic acids is 2. The monoisotopic (exact) mass is 372 g/mol. The van der Waals surface area contributed by atoms with Crippen molar-refractivity contribution in [3.8, 4) is 5.75 Å². The zero-order chi connectivity index (χ0) is 17.7. The fraction of sp³-hybridized carbons (Fsp3) is 0.375. The molecule has 2 N–H and O–H groups in total. The Balaban J connectivity index is 2.46. The molecule has 1 aromatic rings. The van der Waals surface area contributed by atoms with Crippen LogP contribution in [0.3, 0.4) is 0 Å². The molecule has 6 nitrogen and oxygen atoms in total. The fourth-order valence-corrected chi connectivity index (χ4v) is 2.85. The van der Waals surface area contributed by atoms with E-state index in [4.69, 9.17) is 32.7 Å². The summed E-state index contributed by atoms with van der Waals surface area (Å²) in [6.07, 6.45) is 0. The Labute approximate surface area is 150 Å². The van der Waals surface area contributed by atoms with Crippen molar-refractivity contribution in [1.29, 1.82) is 0 Å². The van der Waals surface area contributed by atoms with Crippen LogP contribution in [-0.4, -0.2) is 31.1 Å². The summed E-state index contributed by atoms with van der Waals surface area (Å²) in [5.41, 5.74) is 1.20. The quantitative estimate of drug-likeness (QED) is 0.593. The lowest BCUT2D eigenvalue weighted by atomic mass is 9.95. The third-order valence-corrected chi connectivity index (χ3v) is 3.93. The van der Waals surface area contributed by atoms with E-state index >= 15 is 0 Å². The van der Waals surface area contributed by atoms with Crippen LogP contribution in [-0.2, 0) is 9.53 Å². The molecule has 0 aliphatic carbocycles. The molecule has 1 atom stereocenters. The Morgan fingerprint density at radius 1 is 1.29 bits per heavy atom. The summed E-state index contributed by atoms with van der Waals surface area (Å²) in [5.74, 6) is -0.0407. The highest BCUT2D eigenvalue weighted by atomic mass is 35.5. The average Bonchev–Trinajstić information content (AvgIpc) is 2.56. The van der Waals surface area contributed by atoms with Crippen LogP contribution < -0.4 is 15.4 Å². The molecule has 0 unspecified atom stereocenters. The van der Waals surface area contributed by atoms with E-state index in [1.165, 1.54) is 0 Å². The summed E-state index contributed by atoms with van der Waals surface area (Å²) in [6.45, 7) is 4.25. The van der Waals surface area contributed by atoms with Crippen LogP contribution in [0.25, 0.3) is 0 Å². The maximum Gasteiger partial charge on any atom is 0.338 e. The van der Waals surface area contributed by atoms with Crippen molar-refractivity contribution in [2.75, 3.05) is 19.1 Å². The van der Waals surface area contributed by atoms with Gasteiger partial charge in [0, 0.05) is 5.70 Å². The van der Waals surface area contributed by atoms with Gasteiger partial charge in [-0.15, -0.1) is 11.6 Å². The van der Waals surface area contributed by atoms with E-state index < -0.39 is 18.0 Å². The standard InChI is InChI=1S/C16H18Cl2N2O4/c1-3-23-12-6-5-9(7-10(12)18)14-13(15(21)24-4-2)11(8-17)19-16(22)20-14/h5-7,14H,3-4,8H2,1-2H3,(H2,19,20,22)/t14-/m1/s1. The third-order valence-electron chi connectivity index (χ3n) is 3.37. The third kappa shape index (κ3) is 3.94. The Kier molecular flexibility index (Phi) is 6.34. The van der Waals surface area contributed by atoms with Crippen molar-refractivity contribution < 1.29 is 19.1 Å². The van der Waals surface area contributed by atoms with Gasteiger partial charge in [0.25, 0.3) is 0 Å². The van der Waals surface area contributed by atoms with Crippen LogP contribution in [0.4, 0.5) is 4.79 Å². The minimum absolute atomic E-state index is 0.0250. The SMILES string of the molecule is CCOC(=O)C1=C(CCl)NC(=O)N[C@@H]1c1ccc(OCC)c(Cl)c1. The molecule has 0 radical (unpaired) electrons. The molecule has 0 aromatic heterocycles. The van der Waals surface area contributed by atoms with E-state index in [1.54, 1.807) is 25.1 Å². The molecule has 2 amide bonds. The lowest BCUT2D eigenvalue weighted by Crippen LogP contribution is -2.46. The van der Waals surface area contributed by atoms with E-state index in [1.807, 2.05) is 6.92 Å². The van der Waals surface area contributed by atoms with E-state index in [-0.39, 0.29) is 18.1 Å². The van der Waals surface area contributed by atoms with Gasteiger partial charge in [-0.1, -0.05) is 17.7 Å². The number of alkyl halides is 1. The fourth-order valence-electron chi connectivity index (χ4n) is 2.39. The topological polar surface area (TPSA) is 76.7 Å². The first kappa shape index (κ1) is 18.4. The normalized spacial score (nSPS) is 17.2. The number of amides is 2. The van der Waals surface area contributed by atoms with E-state index in [2.05, 4.69) is 10.6 Å². The summed E-state index contributed by atoms with van der Waals surface area (Å²) in [6, 6.07) is 3.92. The number of hydrogen-bond donors (Lipinski definition) is 2. The maximum atomic E-state index is 12.3. The lowest BCUT2D eigenvalue weighted by molar-refractivity contribution is -0.139. The summed E-state index contributed by atoms with van der Waals surface area (Å²) in [7, 11) is 0. The van der Waals surface area contributed by atoms with Gasteiger partial charge < -0.3 is 20.1 Å². The van der Waals surface area contributed by atoms with Crippen molar-refractivity contribution in [3.63, 3.8) is 0 Å². The second-order valence-corrected chi connectivity index (χ2v) is 5.58. The van der Waals surface area contributed by atoms with Gasteiger partial charge in [0.05, 0.1) is 35.7 Å². The van der Waals surface area contributed by atoms with Gasteiger partial charge in [-0.05, 0) is 31.5 Å². The Morgan fingerprint density at radius 3 is 2.62 bits per heavy atom. The first-order valence-electron chi connectivity index (χ1n) is 7.47. The first-order chi connectivity index (χ1) is 11.5. The molecular weight excluding hydrogens is 355 g/mol. The molecular formula is C16H18Cl2N2O4. The number of ether oxygens (including phenoxy) is 2. The molecule has 1 aliphatic rings. The highest BCUT2D eigenvalue weighted by molar-refractivity contribution is 6.32. The van der Waals surface area contributed by atoms with Crippen LogP contribution in [0.2, 0.25) is 5.02 Å². The highest BCUT2D eigenvalue weighted by Gasteiger charge is 2.33. The molecule has 24 heavy (non-hydrogen) atoms. The van der Waals surface area contributed by atoms with Crippen LogP contribution in [0.1, 0.15) is 25.5 Å². The number of allylic oxidation sites excluding steroid dienone is 1. The Hall–Kier alpha value is -1.92. The smallest absolute Gasteiger partial charge is 0.338 e. The van der Waals surface area contributed by atoms with E-state index in [0.717, 1.165) is 0 Å². The Bertz CT molecular complexity index is 676. The van der Waals surface area contributed by atoms with E-state index in [0.29, 0.717) is 28.6 Å². The van der Waals surface area contributed by atoms with Crippen molar-refractivity contribution in [2.24, 2.45) is 0 Å². The molecule has 0 spiro atoms. The molecule has 1 aliphatic heterocycles. The highest BCUT2D eigenvalue weighted by Crippen LogP contribution is 2.33. The predicted octanol–water partition coefficient (Wildman–Crippen LogP) is 3.15. The molecule has 130 valence electrons. The summed E-state index contributed by atoms with van der Waals surface area (Å²) < 4.78 is 10.5. The summed E-state index contributed by atoms with van der Waals surface area (Å²) in [5, 5.41) is 5.63. The van der Waals surface area contributed by atoms with Crippen LogP contribution in [0.5, 0.6) is 5.75 Å². The lowest BCUT2D eigenvalue weighted by Gasteiger charge is -2.29. The molecule has 0 saturated carbocycles. The molecule has 1 heterocycles. The molecule has 0 fully saturated rings. The molecule has 8 heteroatoms. The maximum absolute atomic E-state index is 12.3. The van der Waals surface area contributed by atoms with Gasteiger partial charge in [-0.25, -0.2) is 9.59 Å². The second-order valence-electron chi connectivity index (χ2n) is 4.90. The van der Waals surface area contributed by atoms with Crippen molar-refractivity contribution in [3.05, 3.63) is 40.1 Å². The first-order valence-corrected chi connectivity index (χ1v) is 8.38. The van der Waals surface area contributed by atoms with Gasteiger partial charge >= 0.3 is 12.0 Å². The number of urea groups is 1. The van der Waals surface area contributed by atoms with Crippen molar-refractivity contribution >= 4 is 35.2 Å². The number of rotatable bonds is 6. The van der Waals surface area contributed by atoms with Gasteiger partial charge in [-0.2, -0.15) is 0 Å². The van der Waals surface area contributed by atoms with Crippen LogP contribution in [0.15, 0.2) is 29.5 Å². The van der Waals surface area contributed by atoms with Crippen molar-refractivity contribution in [1.82, 2.24) is 10.6 Å². The minimum atomic E-state index is -0.709. The molecule has 2 rings (SSSR count). The second kappa shape index (κ2) is 8.26. The summed E-state index contributed by atoms with van der Waals surface area (Å²) in [4.78, 5) is 24.2. The number of benzene rings is 1. The molecule has 0 bridgehead atoms. The van der Waals surface area contributed by atoms with Gasteiger partial charge in [-0.3, -0.25) is 0 Å². The zero-order valence-electron chi connectivity index (χ0n) is 13.3. The zero-order valence-corrected chi connectivity index (χ0v) is 14.8. The number of carbonyl (C=O) groups is 2. The number of esters is 1. The van der Waals surface area contributed by atoms with Gasteiger partial charge in [0.2, 0.25) is 0 Å².